The van der Waals surface area contributed by atoms with Crippen molar-refractivity contribution in [1.82, 2.24) is 0 Å². The Morgan fingerprint density at radius 3 is 2.48 bits per heavy atom. The summed E-state index contributed by atoms with van der Waals surface area (Å²) >= 11 is 0. The van der Waals surface area contributed by atoms with Crippen molar-refractivity contribution in [3.63, 3.8) is 0 Å². The Balaban J connectivity index is 1.55. The monoisotopic (exact) mass is 391 g/mol. The molecular weight excluding hydrogens is 371 g/mol. The van der Waals surface area contributed by atoms with E-state index >= 15 is 0 Å². The highest BCUT2D eigenvalue weighted by Gasteiger charge is 2.59. The predicted octanol–water partition coefficient (Wildman–Crippen LogP) is 2.73. The molecule has 0 N–H and O–H groups in total. The normalized spacial score (nSPS) is 22.1. The molecule has 0 aromatic heterocycles. The van der Waals surface area contributed by atoms with Crippen molar-refractivity contribution in [2.75, 3.05) is 45.0 Å². The first-order chi connectivity index (χ1) is 12.8. The van der Waals surface area contributed by atoms with Gasteiger partial charge in [0.25, 0.3) is 5.79 Å². The van der Waals surface area contributed by atoms with Crippen LogP contribution in [0.2, 0.25) is 0 Å². The molecule has 1 unspecified atom stereocenters. The standard InChI is InChI=1S/C17H20F3NO6/c1-23-11-14-10-21(15(22)27-14)12-2-4-13(5-3-12)24-7-6-16(17(18,19)20)25-8-9-26-16/h2-5,14H,6-11H2,1H3. The summed E-state index contributed by atoms with van der Waals surface area (Å²) in [5, 5.41) is 0. The lowest BCUT2D eigenvalue weighted by molar-refractivity contribution is -0.346. The van der Waals surface area contributed by atoms with Crippen molar-refractivity contribution in [3.8, 4) is 5.75 Å². The topological polar surface area (TPSA) is 66.5 Å². The molecule has 1 aromatic rings. The molecule has 10 heteroatoms. The Morgan fingerprint density at radius 2 is 1.89 bits per heavy atom. The molecule has 1 amide bonds. The van der Waals surface area contributed by atoms with Crippen LogP contribution in [0.3, 0.4) is 0 Å². The van der Waals surface area contributed by atoms with E-state index in [0.29, 0.717) is 24.6 Å². The van der Waals surface area contributed by atoms with Crippen molar-refractivity contribution in [1.29, 1.82) is 0 Å². The van der Waals surface area contributed by atoms with E-state index < -0.39 is 24.5 Å². The van der Waals surface area contributed by atoms with E-state index in [1.807, 2.05) is 0 Å². The number of carbonyl (C=O) groups excluding carboxylic acids is 1. The molecule has 2 heterocycles. The number of ether oxygens (including phenoxy) is 5. The molecule has 150 valence electrons. The highest BCUT2D eigenvalue weighted by Crippen LogP contribution is 2.40. The average molecular weight is 391 g/mol. The number of carbonyl (C=O) groups is 1. The zero-order valence-electron chi connectivity index (χ0n) is 14.7. The predicted molar refractivity (Wildman–Crippen MR) is 86.7 cm³/mol. The Morgan fingerprint density at radius 1 is 1.22 bits per heavy atom. The molecule has 2 aliphatic heterocycles. The maximum atomic E-state index is 13.1. The van der Waals surface area contributed by atoms with Gasteiger partial charge in [-0.2, -0.15) is 13.2 Å². The minimum atomic E-state index is -4.63. The van der Waals surface area contributed by atoms with Crippen molar-refractivity contribution >= 4 is 11.8 Å². The minimum Gasteiger partial charge on any atom is -0.493 e. The lowest BCUT2D eigenvalue weighted by Gasteiger charge is -2.29. The summed E-state index contributed by atoms with van der Waals surface area (Å²) in [5.41, 5.74) is 0.597. The van der Waals surface area contributed by atoms with Crippen LogP contribution in [0.4, 0.5) is 23.7 Å². The van der Waals surface area contributed by atoms with Crippen LogP contribution in [0.5, 0.6) is 5.75 Å². The van der Waals surface area contributed by atoms with Gasteiger partial charge in [0.1, 0.15) is 11.9 Å². The first-order valence-electron chi connectivity index (χ1n) is 8.39. The van der Waals surface area contributed by atoms with Crippen LogP contribution >= 0.6 is 0 Å². The number of hydrogen-bond donors (Lipinski definition) is 0. The van der Waals surface area contributed by atoms with Crippen molar-refractivity contribution in [3.05, 3.63) is 24.3 Å². The number of hydrogen-bond acceptors (Lipinski definition) is 6. The Hall–Kier alpha value is -2.04. The number of methoxy groups -OCH3 is 1. The molecule has 27 heavy (non-hydrogen) atoms. The van der Waals surface area contributed by atoms with Crippen LogP contribution in [-0.2, 0) is 18.9 Å². The number of nitrogens with zero attached hydrogens (tertiary/aromatic N) is 1. The van der Waals surface area contributed by atoms with E-state index in [-0.39, 0.29) is 25.9 Å². The second-order valence-corrected chi connectivity index (χ2v) is 6.11. The number of benzene rings is 1. The summed E-state index contributed by atoms with van der Waals surface area (Å²) < 4.78 is 64.4. The number of amides is 1. The third-order valence-electron chi connectivity index (χ3n) is 4.26. The zero-order valence-corrected chi connectivity index (χ0v) is 14.7. The van der Waals surface area contributed by atoms with Gasteiger partial charge in [0.05, 0.1) is 33.0 Å². The zero-order chi connectivity index (χ0) is 19.5. The summed E-state index contributed by atoms with van der Waals surface area (Å²) in [6.45, 7) is 0.207. The molecule has 1 aromatic carbocycles. The van der Waals surface area contributed by atoms with E-state index in [2.05, 4.69) is 0 Å². The third-order valence-corrected chi connectivity index (χ3v) is 4.26. The number of cyclic esters (lactones) is 1. The summed E-state index contributed by atoms with van der Waals surface area (Å²) in [6.07, 6.45) is -5.93. The lowest BCUT2D eigenvalue weighted by Crippen LogP contribution is -2.47. The molecule has 0 spiro atoms. The first kappa shape index (κ1) is 19.7. The maximum absolute atomic E-state index is 13.1. The van der Waals surface area contributed by atoms with Crippen LogP contribution in [0, 0.1) is 0 Å². The Labute approximate surface area is 153 Å². The number of alkyl halides is 3. The molecule has 3 rings (SSSR count). The van der Waals surface area contributed by atoms with Gasteiger partial charge in [0.2, 0.25) is 0 Å². The smallest absolute Gasteiger partial charge is 0.443 e. The third kappa shape index (κ3) is 4.28. The minimum absolute atomic E-state index is 0.107. The summed E-state index contributed by atoms with van der Waals surface area (Å²) in [6, 6.07) is 6.41. The highest BCUT2D eigenvalue weighted by molar-refractivity contribution is 5.89. The van der Waals surface area contributed by atoms with Crippen LogP contribution in [0.1, 0.15) is 6.42 Å². The largest absolute Gasteiger partial charge is 0.493 e. The molecule has 0 radical (unpaired) electrons. The summed E-state index contributed by atoms with van der Waals surface area (Å²) in [5.74, 6) is -2.24. The van der Waals surface area contributed by atoms with Crippen LogP contribution in [0.15, 0.2) is 24.3 Å². The van der Waals surface area contributed by atoms with Gasteiger partial charge < -0.3 is 23.7 Å². The summed E-state index contributed by atoms with van der Waals surface area (Å²) in [4.78, 5) is 13.3. The number of rotatable bonds is 7. The van der Waals surface area contributed by atoms with Gasteiger partial charge in [-0.15, -0.1) is 0 Å². The van der Waals surface area contributed by atoms with E-state index in [0.717, 1.165) is 0 Å². The van der Waals surface area contributed by atoms with Crippen molar-refractivity contribution < 1.29 is 41.7 Å². The van der Waals surface area contributed by atoms with E-state index in [9.17, 15) is 18.0 Å². The molecule has 1 atom stereocenters. The molecule has 7 nitrogen and oxygen atoms in total. The van der Waals surface area contributed by atoms with Gasteiger partial charge in [0.15, 0.2) is 0 Å². The van der Waals surface area contributed by atoms with E-state index in [1.165, 1.54) is 12.0 Å². The average Bonchev–Trinajstić information content (AvgIpc) is 3.23. The molecule has 2 aliphatic rings. The molecule has 2 fully saturated rings. The van der Waals surface area contributed by atoms with Crippen molar-refractivity contribution in [2.45, 2.75) is 24.5 Å². The molecular formula is C17H20F3NO6. The summed E-state index contributed by atoms with van der Waals surface area (Å²) in [7, 11) is 1.52. The highest BCUT2D eigenvalue weighted by atomic mass is 19.4. The molecule has 0 saturated carbocycles. The number of anilines is 1. The second-order valence-electron chi connectivity index (χ2n) is 6.11. The van der Waals surface area contributed by atoms with Crippen molar-refractivity contribution in [2.24, 2.45) is 0 Å². The lowest BCUT2D eigenvalue weighted by atomic mass is 10.2. The Bertz CT molecular complexity index is 645. The van der Waals surface area contributed by atoms with Gasteiger partial charge in [-0.25, -0.2) is 4.79 Å². The van der Waals surface area contributed by atoms with E-state index in [1.54, 1.807) is 24.3 Å². The second kappa shape index (κ2) is 7.91. The SMILES string of the molecule is COCC1CN(c2ccc(OCCC3(C(F)(F)F)OCCO3)cc2)C(=O)O1. The van der Waals surface area contributed by atoms with Gasteiger partial charge in [-0.3, -0.25) is 4.90 Å². The molecule has 2 saturated heterocycles. The van der Waals surface area contributed by atoms with Crippen LogP contribution in [-0.4, -0.2) is 64.2 Å². The van der Waals surface area contributed by atoms with E-state index in [4.69, 9.17) is 23.7 Å². The number of halogens is 3. The van der Waals surface area contributed by atoms with Crippen LogP contribution in [0.25, 0.3) is 0 Å². The quantitative estimate of drug-likeness (QED) is 0.712. The Kier molecular flexibility index (Phi) is 5.78. The van der Waals surface area contributed by atoms with Gasteiger partial charge in [0, 0.05) is 19.2 Å². The maximum Gasteiger partial charge on any atom is 0.443 e. The fraction of sp³-hybridized carbons (Fsp3) is 0.588. The van der Waals surface area contributed by atoms with Gasteiger partial charge >= 0.3 is 12.3 Å². The first-order valence-corrected chi connectivity index (χ1v) is 8.39. The fourth-order valence-electron chi connectivity index (χ4n) is 2.94. The molecule has 0 aliphatic carbocycles. The fourth-order valence-corrected chi connectivity index (χ4v) is 2.94. The van der Waals surface area contributed by atoms with Crippen LogP contribution < -0.4 is 9.64 Å². The molecule has 0 bridgehead atoms. The van der Waals surface area contributed by atoms with Gasteiger partial charge in [-0.1, -0.05) is 0 Å². The van der Waals surface area contributed by atoms with Gasteiger partial charge in [-0.05, 0) is 24.3 Å².